The highest BCUT2D eigenvalue weighted by molar-refractivity contribution is 5.96. The largest absolute Gasteiger partial charge is 0.447 e. The number of nitrogens with zero attached hydrogens (tertiary/aromatic N) is 3. The second-order valence-electron chi connectivity index (χ2n) is 7.08. The van der Waals surface area contributed by atoms with Crippen molar-refractivity contribution in [3.63, 3.8) is 0 Å². The SMILES string of the molecule is C=CCN(CC=C)[C@@H](c1ccccc1)[C@@H](C(=O)N1CCOC1=O)N1CCOCC1. The number of ether oxygens (including phenoxy) is 2. The number of morpholine rings is 1. The average Bonchev–Trinajstić information content (AvgIpc) is 3.18. The lowest BCUT2D eigenvalue weighted by molar-refractivity contribution is -0.138. The molecule has 1 aromatic carbocycles. The Labute approximate surface area is 172 Å². The van der Waals surface area contributed by atoms with E-state index in [0.717, 1.165) is 5.56 Å². The van der Waals surface area contributed by atoms with Gasteiger partial charge in [-0.3, -0.25) is 14.6 Å². The molecule has 2 amide bonds. The summed E-state index contributed by atoms with van der Waals surface area (Å²) in [6, 6.07) is 9.10. The van der Waals surface area contributed by atoms with E-state index in [1.807, 2.05) is 42.5 Å². The fourth-order valence-corrected chi connectivity index (χ4v) is 3.98. The zero-order valence-corrected chi connectivity index (χ0v) is 16.7. The first-order chi connectivity index (χ1) is 14.2. The van der Waals surface area contributed by atoms with Crippen LogP contribution < -0.4 is 0 Å². The van der Waals surface area contributed by atoms with Crippen LogP contribution in [-0.2, 0) is 14.3 Å². The fraction of sp³-hybridized carbons (Fsp3) is 0.455. The van der Waals surface area contributed by atoms with E-state index in [-0.39, 0.29) is 25.1 Å². The van der Waals surface area contributed by atoms with Crippen LogP contribution in [0.4, 0.5) is 4.79 Å². The van der Waals surface area contributed by atoms with Crippen LogP contribution in [0.5, 0.6) is 0 Å². The second kappa shape index (κ2) is 10.3. The van der Waals surface area contributed by atoms with Gasteiger partial charge in [-0.2, -0.15) is 0 Å². The van der Waals surface area contributed by atoms with Crippen molar-refractivity contribution in [2.75, 3.05) is 52.5 Å². The fourth-order valence-electron chi connectivity index (χ4n) is 3.98. The minimum atomic E-state index is -0.570. The van der Waals surface area contributed by atoms with Crippen LogP contribution in [0.2, 0.25) is 0 Å². The average molecular weight is 399 g/mol. The molecule has 0 bridgehead atoms. The van der Waals surface area contributed by atoms with Gasteiger partial charge in [0.25, 0.3) is 5.91 Å². The van der Waals surface area contributed by atoms with Crippen molar-refractivity contribution in [3.8, 4) is 0 Å². The smallest absolute Gasteiger partial charge is 0.416 e. The van der Waals surface area contributed by atoms with Gasteiger partial charge in [0, 0.05) is 26.2 Å². The van der Waals surface area contributed by atoms with Crippen molar-refractivity contribution in [1.29, 1.82) is 0 Å². The molecule has 1 aromatic rings. The predicted molar refractivity (Wildman–Crippen MR) is 110 cm³/mol. The van der Waals surface area contributed by atoms with E-state index >= 15 is 0 Å². The molecule has 7 nitrogen and oxygen atoms in total. The maximum Gasteiger partial charge on any atom is 0.416 e. The number of carbonyl (C=O) groups excluding carboxylic acids is 2. The van der Waals surface area contributed by atoms with Crippen molar-refractivity contribution >= 4 is 12.0 Å². The number of carbonyl (C=O) groups is 2. The molecule has 2 aliphatic rings. The lowest BCUT2D eigenvalue weighted by Gasteiger charge is -2.43. The standard InChI is InChI=1S/C22H29N3O4/c1-3-10-23(11-4-2)19(18-8-6-5-7-9-18)20(24-12-15-28-16-13-24)21(26)25-14-17-29-22(25)27/h3-9,19-20H,1-2,10-17H2/t19-,20-/m0/s1. The monoisotopic (exact) mass is 399 g/mol. The van der Waals surface area contributed by atoms with Crippen molar-refractivity contribution in [2.45, 2.75) is 12.1 Å². The van der Waals surface area contributed by atoms with Gasteiger partial charge in [-0.15, -0.1) is 13.2 Å². The first kappa shape index (κ1) is 21.2. The van der Waals surface area contributed by atoms with Gasteiger partial charge >= 0.3 is 6.09 Å². The molecule has 2 heterocycles. The number of rotatable bonds is 9. The summed E-state index contributed by atoms with van der Waals surface area (Å²) < 4.78 is 10.6. The zero-order chi connectivity index (χ0) is 20.6. The summed E-state index contributed by atoms with van der Waals surface area (Å²) in [4.78, 5) is 31.3. The van der Waals surface area contributed by atoms with Crippen LogP contribution in [0.1, 0.15) is 11.6 Å². The number of hydrogen-bond acceptors (Lipinski definition) is 6. The van der Waals surface area contributed by atoms with Gasteiger partial charge in [0.05, 0.1) is 25.8 Å². The third kappa shape index (κ3) is 4.93. The number of benzene rings is 1. The van der Waals surface area contributed by atoms with Crippen LogP contribution in [-0.4, -0.2) is 85.3 Å². The normalized spacial score (nSPS) is 19.6. The summed E-state index contributed by atoms with van der Waals surface area (Å²) in [6.45, 7) is 11.8. The first-order valence-corrected chi connectivity index (χ1v) is 9.98. The Hall–Kier alpha value is -2.48. The quantitative estimate of drug-likeness (QED) is 0.593. The molecule has 0 aromatic heterocycles. The van der Waals surface area contributed by atoms with E-state index < -0.39 is 12.1 Å². The Morgan fingerprint density at radius 1 is 1.07 bits per heavy atom. The molecule has 0 aliphatic carbocycles. The third-order valence-electron chi connectivity index (χ3n) is 5.28. The topological polar surface area (TPSA) is 62.3 Å². The minimum absolute atomic E-state index is 0.235. The molecule has 2 aliphatic heterocycles. The maximum atomic E-state index is 13.6. The van der Waals surface area contributed by atoms with Gasteiger partial charge in [-0.1, -0.05) is 42.5 Å². The molecule has 3 rings (SSSR count). The molecular formula is C22H29N3O4. The number of imide groups is 1. The highest BCUT2D eigenvalue weighted by Crippen LogP contribution is 2.30. The first-order valence-electron chi connectivity index (χ1n) is 9.98. The number of amides is 2. The van der Waals surface area contributed by atoms with Gasteiger partial charge in [0.2, 0.25) is 0 Å². The highest BCUT2D eigenvalue weighted by Gasteiger charge is 2.43. The van der Waals surface area contributed by atoms with Gasteiger partial charge in [0.1, 0.15) is 12.6 Å². The molecule has 0 saturated carbocycles. The minimum Gasteiger partial charge on any atom is -0.447 e. The van der Waals surface area contributed by atoms with Gasteiger partial charge in [0.15, 0.2) is 0 Å². The van der Waals surface area contributed by atoms with Crippen LogP contribution in [0, 0.1) is 0 Å². The van der Waals surface area contributed by atoms with Crippen LogP contribution >= 0.6 is 0 Å². The molecule has 0 unspecified atom stereocenters. The molecule has 0 spiro atoms. The Balaban J connectivity index is 2.04. The predicted octanol–water partition coefficient (Wildman–Crippen LogP) is 2.08. The zero-order valence-electron chi connectivity index (χ0n) is 16.7. The third-order valence-corrected chi connectivity index (χ3v) is 5.28. The summed E-state index contributed by atoms with van der Waals surface area (Å²) >= 11 is 0. The van der Waals surface area contributed by atoms with Crippen molar-refractivity contribution in [1.82, 2.24) is 14.7 Å². The van der Waals surface area contributed by atoms with E-state index in [4.69, 9.17) is 9.47 Å². The van der Waals surface area contributed by atoms with Gasteiger partial charge in [-0.05, 0) is 5.56 Å². The summed E-state index contributed by atoms with van der Waals surface area (Å²) in [5.41, 5.74) is 1.01. The number of hydrogen-bond donors (Lipinski definition) is 0. The summed E-state index contributed by atoms with van der Waals surface area (Å²) in [5.74, 6) is -0.235. The summed E-state index contributed by atoms with van der Waals surface area (Å²) in [6.07, 6.45) is 3.08. The second-order valence-corrected chi connectivity index (χ2v) is 7.08. The van der Waals surface area contributed by atoms with E-state index in [1.165, 1.54) is 4.90 Å². The Bertz CT molecular complexity index is 708. The van der Waals surface area contributed by atoms with Crippen molar-refractivity contribution < 1.29 is 19.1 Å². The van der Waals surface area contributed by atoms with Crippen molar-refractivity contribution in [3.05, 3.63) is 61.2 Å². The van der Waals surface area contributed by atoms with Crippen molar-refractivity contribution in [2.24, 2.45) is 0 Å². The molecular weight excluding hydrogens is 370 g/mol. The Morgan fingerprint density at radius 3 is 2.28 bits per heavy atom. The summed E-state index contributed by atoms with van der Waals surface area (Å²) in [5, 5.41) is 0. The lowest BCUT2D eigenvalue weighted by atomic mass is 9.94. The molecule has 0 N–H and O–H groups in total. The van der Waals surface area contributed by atoms with E-state index in [0.29, 0.717) is 39.4 Å². The van der Waals surface area contributed by atoms with Gasteiger partial charge < -0.3 is 9.47 Å². The highest BCUT2D eigenvalue weighted by atomic mass is 16.6. The molecule has 2 atom stereocenters. The van der Waals surface area contributed by atoms with Crippen LogP contribution in [0.15, 0.2) is 55.6 Å². The molecule has 2 saturated heterocycles. The number of cyclic esters (lactones) is 1. The van der Waals surface area contributed by atoms with E-state index in [2.05, 4.69) is 23.0 Å². The lowest BCUT2D eigenvalue weighted by Crippen LogP contribution is -2.58. The Kier molecular flexibility index (Phi) is 7.57. The van der Waals surface area contributed by atoms with Gasteiger partial charge in [-0.25, -0.2) is 9.69 Å². The molecule has 2 fully saturated rings. The van der Waals surface area contributed by atoms with Crippen LogP contribution in [0.3, 0.4) is 0 Å². The van der Waals surface area contributed by atoms with E-state index in [1.54, 1.807) is 0 Å². The molecule has 7 heteroatoms. The molecule has 29 heavy (non-hydrogen) atoms. The maximum absolute atomic E-state index is 13.6. The van der Waals surface area contributed by atoms with Crippen LogP contribution in [0.25, 0.3) is 0 Å². The molecule has 156 valence electrons. The van der Waals surface area contributed by atoms with E-state index in [9.17, 15) is 9.59 Å². The molecule has 0 radical (unpaired) electrons. The Morgan fingerprint density at radius 2 is 1.72 bits per heavy atom. The summed E-state index contributed by atoms with van der Waals surface area (Å²) in [7, 11) is 0.